The summed E-state index contributed by atoms with van der Waals surface area (Å²) in [5, 5.41) is 8.97. The summed E-state index contributed by atoms with van der Waals surface area (Å²) >= 11 is 0. The van der Waals surface area contributed by atoms with Crippen LogP contribution < -0.4 is 0 Å². The third kappa shape index (κ3) is 1.56. The van der Waals surface area contributed by atoms with E-state index in [1.54, 1.807) is 24.3 Å². The quantitative estimate of drug-likeness (QED) is 0.787. The number of aliphatic hydroxyl groups is 1. The SMILES string of the molecule is O=C1c2ccccc2C(=O)N1C[C@@H]1CC1CO. The number of imide groups is 1. The second-order valence-electron chi connectivity index (χ2n) is 4.70. The summed E-state index contributed by atoms with van der Waals surface area (Å²) in [5.74, 6) is 0.143. The second-order valence-corrected chi connectivity index (χ2v) is 4.70. The van der Waals surface area contributed by atoms with Gasteiger partial charge in [0.05, 0.1) is 11.1 Å². The minimum atomic E-state index is -0.200. The number of amides is 2. The number of carbonyl (C=O) groups is 2. The summed E-state index contributed by atoms with van der Waals surface area (Å²) in [6.45, 7) is 0.589. The van der Waals surface area contributed by atoms with Gasteiger partial charge in [0.2, 0.25) is 0 Å². The summed E-state index contributed by atoms with van der Waals surface area (Å²) in [7, 11) is 0. The van der Waals surface area contributed by atoms with Gasteiger partial charge in [0.1, 0.15) is 0 Å². The molecule has 4 heteroatoms. The highest BCUT2D eigenvalue weighted by Gasteiger charge is 2.43. The van der Waals surface area contributed by atoms with Gasteiger partial charge in [0.15, 0.2) is 0 Å². The van der Waals surface area contributed by atoms with Crippen molar-refractivity contribution >= 4 is 11.8 Å². The van der Waals surface area contributed by atoms with Crippen LogP contribution in [0.1, 0.15) is 27.1 Å². The summed E-state index contributed by atoms with van der Waals surface area (Å²) in [5.41, 5.74) is 0.998. The largest absolute Gasteiger partial charge is 0.396 e. The Bertz CT molecular complexity index is 462. The Morgan fingerprint density at radius 2 is 1.71 bits per heavy atom. The van der Waals surface area contributed by atoms with Crippen molar-refractivity contribution < 1.29 is 14.7 Å². The molecule has 0 radical (unpaired) electrons. The van der Waals surface area contributed by atoms with Crippen LogP contribution in [0.2, 0.25) is 0 Å². The van der Waals surface area contributed by atoms with Crippen molar-refractivity contribution in [3.8, 4) is 0 Å². The Balaban J connectivity index is 1.81. The molecule has 2 amide bonds. The number of benzene rings is 1. The molecule has 0 spiro atoms. The lowest BCUT2D eigenvalue weighted by molar-refractivity contribution is 0.0642. The van der Waals surface area contributed by atoms with Crippen molar-refractivity contribution in [2.75, 3.05) is 13.2 Å². The summed E-state index contributed by atoms with van der Waals surface area (Å²) in [6.07, 6.45) is 0.907. The van der Waals surface area contributed by atoms with Crippen LogP contribution in [0, 0.1) is 11.8 Å². The average Bonchev–Trinajstić information content (AvgIpc) is 3.08. The molecule has 1 aromatic carbocycles. The maximum absolute atomic E-state index is 12.0. The molecule has 1 N–H and O–H groups in total. The monoisotopic (exact) mass is 231 g/mol. The summed E-state index contributed by atoms with van der Waals surface area (Å²) in [6, 6.07) is 6.90. The van der Waals surface area contributed by atoms with Crippen LogP contribution in [0.4, 0.5) is 0 Å². The molecule has 0 aromatic heterocycles. The van der Waals surface area contributed by atoms with Crippen LogP contribution >= 0.6 is 0 Å². The molecule has 0 bridgehead atoms. The van der Waals surface area contributed by atoms with Gasteiger partial charge in [-0.05, 0) is 30.4 Å². The van der Waals surface area contributed by atoms with Gasteiger partial charge in [-0.3, -0.25) is 14.5 Å². The Labute approximate surface area is 98.9 Å². The van der Waals surface area contributed by atoms with Gasteiger partial charge in [0, 0.05) is 13.2 Å². The van der Waals surface area contributed by atoms with Crippen LogP contribution in [-0.4, -0.2) is 35.0 Å². The molecule has 3 rings (SSSR count). The Hall–Kier alpha value is -1.68. The Kier molecular flexibility index (Phi) is 2.26. The number of hydrogen-bond acceptors (Lipinski definition) is 3. The maximum atomic E-state index is 12.0. The first kappa shape index (κ1) is 10.5. The summed E-state index contributed by atoms with van der Waals surface area (Å²) in [4.78, 5) is 25.3. The van der Waals surface area contributed by atoms with Crippen LogP contribution in [0.15, 0.2) is 24.3 Å². The molecule has 1 aliphatic carbocycles. The second kappa shape index (κ2) is 3.67. The molecule has 88 valence electrons. The highest BCUT2D eigenvalue weighted by molar-refractivity contribution is 6.21. The number of rotatable bonds is 3. The zero-order valence-corrected chi connectivity index (χ0v) is 9.30. The fourth-order valence-electron chi connectivity index (χ4n) is 2.40. The van der Waals surface area contributed by atoms with Gasteiger partial charge in [0.25, 0.3) is 11.8 Å². The van der Waals surface area contributed by atoms with E-state index in [1.807, 2.05) is 0 Å². The predicted octanol–water partition coefficient (Wildman–Crippen LogP) is 0.911. The van der Waals surface area contributed by atoms with Crippen LogP contribution in [0.5, 0.6) is 0 Å². The third-order valence-electron chi connectivity index (χ3n) is 3.60. The first-order valence-electron chi connectivity index (χ1n) is 5.78. The molecule has 4 nitrogen and oxygen atoms in total. The van der Waals surface area contributed by atoms with Crippen molar-refractivity contribution in [3.05, 3.63) is 35.4 Å². The van der Waals surface area contributed by atoms with Crippen LogP contribution in [0.3, 0.4) is 0 Å². The summed E-state index contributed by atoms with van der Waals surface area (Å²) < 4.78 is 0. The van der Waals surface area contributed by atoms with E-state index in [2.05, 4.69) is 0 Å². The minimum absolute atomic E-state index is 0.147. The molecule has 2 aliphatic rings. The van der Waals surface area contributed by atoms with Crippen LogP contribution in [-0.2, 0) is 0 Å². The first-order valence-corrected chi connectivity index (χ1v) is 5.78. The van der Waals surface area contributed by atoms with Crippen LogP contribution in [0.25, 0.3) is 0 Å². The van der Waals surface area contributed by atoms with E-state index in [1.165, 1.54) is 4.90 Å². The topological polar surface area (TPSA) is 57.6 Å². The standard InChI is InChI=1S/C13H13NO3/c15-7-9-5-8(9)6-14-12(16)10-3-1-2-4-11(10)13(14)17/h1-4,8-9,15H,5-7H2/t8-,9?/m0/s1. The predicted molar refractivity (Wildman–Crippen MR) is 60.5 cm³/mol. The lowest BCUT2D eigenvalue weighted by atomic mass is 10.1. The van der Waals surface area contributed by atoms with Crippen molar-refractivity contribution in [1.29, 1.82) is 0 Å². The maximum Gasteiger partial charge on any atom is 0.261 e. The third-order valence-corrected chi connectivity index (χ3v) is 3.60. The molecule has 1 fully saturated rings. The molecule has 2 atom stereocenters. The number of aliphatic hydroxyl groups excluding tert-OH is 1. The lowest BCUT2D eigenvalue weighted by Crippen LogP contribution is -2.32. The molecule has 17 heavy (non-hydrogen) atoms. The molecular weight excluding hydrogens is 218 g/mol. The number of hydrogen-bond donors (Lipinski definition) is 1. The molecule has 1 aromatic rings. The zero-order chi connectivity index (χ0) is 12.0. The van der Waals surface area contributed by atoms with E-state index in [0.717, 1.165) is 6.42 Å². The molecule has 1 aliphatic heterocycles. The lowest BCUT2D eigenvalue weighted by Gasteiger charge is -2.13. The zero-order valence-electron chi connectivity index (χ0n) is 9.30. The fourth-order valence-corrected chi connectivity index (χ4v) is 2.40. The highest BCUT2D eigenvalue weighted by Crippen LogP contribution is 2.39. The first-order chi connectivity index (χ1) is 8.22. The average molecular weight is 231 g/mol. The number of carbonyl (C=O) groups excluding carboxylic acids is 2. The highest BCUT2D eigenvalue weighted by atomic mass is 16.3. The van der Waals surface area contributed by atoms with E-state index in [4.69, 9.17) is 5.11 Å². The van der Waals surface area contributed by atoms with Crippen molar-refractivity contribution in [2.45, 2.75) is 6.42 Å². The van der Waals surface area contributed by atoms with E-state index < -0.39 is 0 Å². The van der Waals surface area contributed by atoms with Gasteiger partial charge in [-0.2, -0.15) is 0 Å². The van der Waals surface area contributed by atoms with E-state index in [0.29, 0.717) is 17.7 Å². The van der Waals surface area contributed by atoms with E-state index >= 15 is 0 Å². The van der Waals surface area contributed by atoms with Crippen molar-refractivity contribution in [3.63, 3.8) is 0 Å². The number of fused-ring (bicyclic) bond motifs is 1. The van der Waals surface area contributed by atoms with Gasteiger partial charge in [-0.1, -0.05) is 12.1 Å². The van der Waals surface area contributed by atoms with Crippen molar-refractivity contribution in [2.24, 2.45) is 11.8 Å². The molecule has 0 saturated heterocycles. The van der Waals surface area contributed by atoms with Gasteiger partial charge in [-0.25, -0.2) is 0 Å². The Morgan fingerprint density at radius 3 is 2.18 bits per heavy atom. The van der Waals surface area contributed by atoms with Crippen molar-refractivity contribution in [1.82, 2.24) is 4.90 Å². The van der Waals surface area contributed by atoms with Gasteiger partial charge in [-0.15, -0.1) is 0 Å². The minimum Gasteiger partial charge on any atom is -0.396 e. The van der Waals surface area contributed by atoms with Gasteiger partial charge >= 0.3 is 0 Å². The fraction of sp³-hybridized carbons (Fsp3) is 0.385. The molecule has 1 heterocycles. The van der Waals surface area contributed by atoms with Gasteiger partial charge < -0.3 is 5.11 Å². The smallest absolute Gasteiger partial charge is 0.261 e. The molecular formula is C13H13NO3. The normalized spacial score (nSPS) is 26.3. The molecule has 1 unspecified atom stereocenters. The van der Waals surface area contributed by atoms with E-state index in [-0.39, 0.29) is 30.3 Å². The number of nitrogens with zero attached hydrogens (tertiary/aromatic N) is 1. The molecule has 1 saturated carbocycles. The van der Waals surface area contributed by atoms with E-state index in [9.17, 15) is 9.59 Å². The Morgan fingerprint density at radius 1 is 1.12 bits per heavy atom.